The molecule has 0 aliphatic carbocycles. The SMILES string of the molecule is Cc1cnc(N2CCN(c3ccccn3)CC2)nc1N1CCN(c2ccccn2)CC1. The third-order valence-electron chi connectivity index (χ3n) is 6.02. The van der Waals surface area contributed by atoms with Crippen LogP contribution in [0.4, 0.5) is 23.4 Å². The van der Waals surface area contributed by atoms with E-state index in [2.05, 4.69) is 53.6 Å². The zero-order valence-corrected chi connectivity index (χ0v) is 17.9. The van der Waals surface area contributed by atoms with Gasteiger partial charge >= 0.3 is 0 Å². The van der Waals surface area contributed by atoms with Gasteiger partial charge in [0.25, 0.3) is 0 Å². The molecule has 8 heteroatoms. The first kappa shape index (κ1) is 19.5. The fourth-order valence-corrected chi connectivity index (χ4v) is 4.26. The molecule has 5 heterocycles. The maximum Gasteiger partial charge on any atom is 0.227 e. The predicted octanol–water partition coefficient (Wildman–Crippen LogP) is 2.23. The molecule has 2 saturated heterocycles. The summed E-state index contributed by atoms with van der Waals surface area (Å²) < 4.78 is 0. The van der Waals surface area contributed by atoms with Gasteiger partial charge in [0.1, 0.15) is 17.5 Å². The highest BCUT2D eigenvalue weighted by Gasteiger charge is 2.24. The molecule has 0 aromatic carbocycles. The summed E-state index contributed by atoms with van der Waals surface area (Å²) in [7, 11) is 0. The second kappa shape index (κ2) is 8.75. The van der Waals surface area contributed by atoms with Crippen LogP contribution in [0.2, 0.25) is 0 Å². The number of anilines is 4. The first-order valence-corrected chi connectivity index (χ1v) is 10.9. The van der Waals surface area contributed by atoms with E-state index in [1.807, 2.05) is 42.9 Å². The number of nitrogens with zero attached hydrogens (tertiary/aromatic N) is 8. The Morgan fingerprint density at radius 3 is 1.65 bits per heavy atom. The third kappa shape index (κ3) is 4.23. The Morgan fingerprint density at radius 2 is 1.13 bits per heavy atom. The highest BCUT2D eigenvalue weighted by molar-refractivity contribution is 5.52. The van der Waals surface area contributed by atoms with Crippen LogP contribution in [0.3, 0.4) is 0 Å². The molecule has 0 saturated carbocycles. The normalized spacial score (nSPS) is 17.2. The first-order valence-electron chi connectivity index (χ1n) is 10.9. The highest BCUT2D eigenvalue weighted by atomic mass is 15.4. The Bertz CT molecular complexity index is 981. The van der Waals surface area contributed by atoms with Crippen molar-refractivity contribution in [1.29, 1.82) is 0 Å². The van der Waals surface area contributed by atoms with Gasteiger partial charge in [-0.2, -0.15) is 4.98 Å². The standard InChI is InChI=1S/C23H28N8/c1-19-18-26-23(31-16-12-29(13-17-31)21-7-3-5-9-25-21)27-22(19)30-14-10-28(11-15-30)20-6-2-4-8-24-20/h2-9,18H,10-17H2,1H3. The number of piperazine rings is 2. The zero-order valence-electron chi connectivity index (χ0n) is 17.9. The summed E-state index contributed by atoms with van der Waals surface area (Å²) in [5, 5.41) is 0. The summed E-state index contributed by atoms with van der Waals surface area (Å²) in [5.74, 6) is 3.97. The average Bonchev–Trinajstić information content (AvgIpc) is 2.86. The smallest absolute Gasteiger partial charge is 0.227 e. The molecule has 3 aromatic heterocycles. The van der Waals surface area contributed by atoms with Crippen molar-refractivity contribution in [2.24, 2.45) is 0 Å². The van der Waals surface area contributed by atoms with Crippen LogP contribution >= 0.6 is 0 Å². The Morgan fingerprint density at radius 1 is 0.613 bits per heavy atom. The molecular formula is C23H28N8. The van der Waals surface area contributed by atoms with Crippen molar-refractivity contribution >= 4 is 23.4 Å². The van der Waals surface area contributed by atoms with Crippen LogP contribution in [0.5, 0.6) is 0 Å². The van der Waals surface area contributed by atoms with Crippen molar-refractivity contribution in [3.05, 3.63) is 60.6 Å². The average molecular weight is 417 g/mol. The van der Waals surface area contributed by atoms with E-state index in [9.17, 15) is 0 Å². The monoisotopic (exact) mass is 416 g/mol. The molecule has 2 aliphatic heterocycles. The zero-order chi connectivity index (χ0) is 21.0. The summed E-state index contributed by atoms with van der Waals surface area (Å²) in [6, 6.07) is 12.1. The van der Waals surface area contributed by atoms with E-state index in [0.29, 0.717) is 0 Å². The molecule has 0 radical (unpaired) electrons. The lowest BCUT2D eigenvalue weighted by atomic mass is 10.2. The van der Waals surface area contributed by atoms with E-state index in [0.717, 1.165) is 81.3 Å². The summed E-state index contributed by atoms with van der Waals surface area (Å²) in [6.07, 6.45) is 5.68. The minimum Gasteiger partial charge on any atom is -0.353 e. The maximum absolute atomic E-state index is 4.99. The summed E-state index contributed by atoms with van der Waals surface area (Å²) in [5.41, 5.74) is 1.13. The fraction of sp³-hybridized carbons (Fsp3) is 0.391. The first-order chi connectivity index (χ1) is 15.3. The van der Waals surface area contributed by atoms with Crippen LogP contribution in [0.1, 0.15) is 5.56 Å². The van der Waals surface area contributed by atoms with Gasteiger partial charge in [0.2, 0.25) is 5.95 Å². The molecule has 0 atom stereocenters. The van der Waals surface area contributed by atoms with Gasteiger partial charge in [0, 0.05) is 76.5 Å². The van der Waals surface area contributed by atoms with Crippen LogP contribution < -0.4 is 19.6 Å². The van der Waals surface area contributed by atoms with E-state index in [1.54, 1.807) is 0 Å². The second-order valence-electron chi connectivity index (χ2n) is 8.00. The molecule has 3 aromatic rings. The van der Waals surface area contributed by atoms with E-state index in [4.69, 9.17) is 4.98 Å². The van der Waals surface area contributed by atoms with Crippen LogP contribution in [0.25, 0.3) is 0 Å². The van der Waals surface area contributed by atoms with Crippen molar-refractivity contribution in [2.75, 3.05) is 72.0 Å². The molecule has 0 amide bonds. The van der Waals surface area contributed by atoms with Crippen LogP contribution in [0.15, 0.2) is 55.0 Å². The van der Waals surface area contributed by atoms with Crippen molar-refractivity contribution in [1.82, 2.24) is 19.9 Å². The lowest BCUT2D eigenvalue weighted by Gasteiger charge is -2.38. The van der Waals surface area contributed by atoms with Gasteiger partial charge in [-0.15, -0.1) is 0 Å². The lowest BCUT2D eigenvalue weighted by Crippen LogP contribution is -2.48. The molecule has 0 N–H and O–H groups in total. The Kier molecular flexibility index (Phi) is 5.52. The van der Waals surface area contributed by atoms with Gasteiger partial charge in [-0.25, -0.2) is 15.0 Å². The largest absolute Gasteiger partial charge is 0.353 e. The fourth-order valence-electron chi connectivity index (χ4n) is 4.26. The topological polar surface area (TPSA) is 64.5 Å². The predicted molar refractivity (Wildman–Crippen MR) is 124 cm³/mol. The number of rotatable bonds is 4. The van der Waals surface area contributed by atoms with E-state index < -0.39 is 0 Å². The number of hydrogen-bond donors (Lipinski definition) is 0. The number of hydrogen-bond acceptors (Lipinski definition) is 8. The number of aryl methyl sites for hydroxylation is 1. The molecule has 0 bridgehead atoms. The summed E-state index contributed by atoms with van der Waals surface area (Å²) in [4.78, 5) is 27.9. The quantitative estimate of drug-likeness (QED) is 0.642. The van der Waals surface area contributed by atoms with Crippen LogP contribution in [0, 0.1) is 6.92 Å². The lowest BCUT2D eigenvalue weighted by molar-refractivity contribution is 0.624. The van der Waals surface area contributed by atoms with E-state index in [-0.39, 0.29) is 0 Å². The Labute approximate surface area is 183 Å². The van der Waals surface area contributed by atoms with E-state index in [1.165, 1.54) is 0 Å². The molecular weight excluding hydrogens is 388 g/mol. The molecule has 8 nitrogen and oxygen atoms in total. The van der Waals surface area contributed by atoms with Crippen molar-refractivity contribution < 1.29 is 0 Å². The minimum absolute atomic E-state index is 0.827. The second-order valence-corrected chi connectivity index (χ2v) is 8.00. The van der Waals surface area contributed by atoms with Gasteiger partial charge in [-0.1, -0.05) is 12.1 Å². The minimum atomic E-state index is 0.827. The number of aromatic nitrogens is 4. The molecule has 31 heavy (non-hydrogen) atoms. The number of pyridine rings is 2. The third-order valence-corrected chi connectivity index (χ3v) is 6.02. The van der Waals surface area contributed by atoms with E-state index >= 15 is 0 Å². The van der Waals surface area contributed by atoms with Gasteiger partial charge in [0.15, 0.2) is 0 Å². The summed E-state index contributed by atoms with van der Waals surface area (Å²) >= 11 is 0. The van der Waals surface area contributed by atoms with Crippen molar-refractivity contribution in [3.8, 4) is 0 Å². The Hall–Kier alpha value is -3.42. The van der Waals surface area contributed by atoms with Crippen molar-refractivity contribution in [2.45, 2.75) is 6.92 Å². The molecule has 0 spiro atoms. The van der Waals surface area contributed by atoms with Gasteiger partial charge in [-0.05, 0) is 31.2 Å². The summed E-state index contributed by atoms with van der Waals surface area (Å²) in [6.45, 7) is 9.49. The highest BCUT2D eigenvalue weighted by Crippen LogP contribution is 2.24. The Balaban J connectivity index is 1.24. The molecule has 5 rings (SSSR count). The van der Waals surface area contributed by atoms with Gasteiger partial charge in [0.05, 0.1) is 0 Å². The van der Waals surface area contributed by atoms with Crippen LogP contribution in [-0.2, 0) is 0 Å². The molecule has 2 fully saturated rings. The maximum atomic E-state index is 4.99. The van der Waals surface area contributed by atoms with Crippen LogP contribution in [-0.4, -0.2) is 72.3 Å². The van der Waals surface area contributed by atoms with Gasteiger partial charge in [-0.3, -0.25) is 0 Å². The van der Waals surface area contributed by atoms with Crippen molar-refractivity contribution in [3.63, 3.8) is 0 Å². The molecule has 160 valence electrons. The van der Waals surface area contributed by atoms with Gasteiger partial charge < -0.3 is 19.6 Å². The molecule has 2 aliphatic rings. The molecule has 0 unspecified atom stereocenters.